The van der Waals surface area contributed by atoms with Crippen LogP contribution in [0.15, 0.2) is 22.2 Å². The third-order valence-electron chi connectivity index (χ3n) is 3.36. The van der Waals surface area contributed by atoms with E-state index in [2.05, 4.69) is 39.2 Å². The van der Waals surface area contributed by atoms with Crippen molar-refractivity contribution >= 4 is 18.4 Å². The third kappa shape index (κ3) is 2.79. The van der Waals surface area contributed by atoms with Gasteiger partial charge in [0.25, 0.3) is 0 Å². The van der Waals surface area contributed by atoms with Crippen LogP contribution in [0.4, 0.5) is 5.82 Å². The van der Waals surface area contributed by atoms with Gasteiger partial charge in [0.15, 0.2) is 0 Å². The van der Waals surface area contributed by atoms with Crippen LogP contribution in [0.1, 0.15) is 25.3 Å². The minimum atomic E-state index is 0.424. The number of piperidine rings is 1. The van der Waals surface area contributed by atoms with Gasteiger partial charge in [0, 0.05) is 31.9 Å². The lowest BCUT2D eigenvalue weighted by atomic mass is 10.0. The molecule has 0 saturated carbocycles. The van der Waals surface area contributed by atoms with Crippen molar-refractivity contribution in [3.8, 4) is 0 Å². The van der Waals surface area contributed by atoms with Crippen molar-refractivity contribution in [1.29, 1.82) is 0 Å². The molecule has 1 aliphatic heterocycles. The number of aromatic amines is 1. The van der Waals surface area contributed by atoms with Gasteiger partial charge in [-0.25, -0.2) is 4.99 Å². The summed E-state index contributed by atoms with van der Waals surface area (Å²) in [6, 6.07) is 3.01. The molecule has 1 aromatic rings. The molecule has 5 heteroatoms. The molecule has 2 rings (SSSR count). The van der Waals surface area contributed by atoms with Crippen LogP contribution in [-0.4, -0.2) is 43.2 Å². The van der Waals surface area contributed by atoms with E-state index in [9.17, 15) is 0 Å². The summed E-state index contributed by atoms with van der Waals surface area (Å²) in [4.78, 5) is 11.3. The number of rotatable bonds is 3. The summed E-state index contributed by atoms with van der Waals surface area (Å²) in [5.41, 5.74) is 0.978. The van der Waals surface area contributed by atoms with E-state index >= 15 is 0 Å². The topological polar surface area (TPSA) is 64.6 Å². The first-order chi connectivity index (χ1) is 8.74. The Hall–Kier alpha value is -1.62. The first-order valence-corrected chi connectivity index (χ1v) is 6.35. The van der Waals surface area contributed by atoms with Crippen LogP contribution < -0.4 is 10.6 Å². The summed E-state index contributed by atoms with van der Waals surface area (Å²) < 4.78 is 0. The van der Waals surface area contributed by atoms with E-state index in [1.165, 1.54) is 6.42 Å². The van der Waals surface area contributed by atoms with Crippen molar-refractivity contribution in [2.45, 2.75) is 31.8 Å². The molecule has 98 valence electrons. The van der Waals surface area contributed by atoms with Gasteiger partial charge in [0.1, 0.15) is 11.7 Å². The second-order valence-corrected chi connectivity index (χ2v) is 4.70. The van der Waals surface area contributed by atoms with Gasteiger partial charge in [-0.15, -0.1) is 0 Å². The summed E-state index contributed by atoms with van der Waals surface area (Å²) in [5, 5.41) is 6.96. The first-order valence-electron chi connectivity index (χ1n) is 6.35. The highest BCUT2D eigenvalue weighted by molar-refractivity contribution is 6.02. The van der Waals surface area contributed by atoms with Crippen molar-refractivity contribution in [2.75, 3.05) is 13.6 Å². The molecule has 0 spiro atoms. The average Bonchev–Trinajstić information content (AvgIpc) is 2.86. The van der Waals surface area contributed by atoms with Crippen LogP contribution in [0.3, 0.4) is 0 Å². The Labute approximate surface area is 108 Å². The van der Waals surface area contributed by atoms with Crippen LogP contribution in [0.2, 0.25) is 0 Å². The lowest BCUT2D eigenvalue weighted by Gasteiger charge is -2.29. The maximum absolute atomic E-state index is 4.32. The quantitative estimate of drug-likeness (QED) is 0.559. The molecule has 1 saturated heterocycles. The highest BCUT2D eigenvalue weighted by Gasteiger charge is 2.19. The lowest BCUT2D eigenvalue weighted by Crippen LogP contribution is -2.48. The van der Waals surface area contributed by atoms with Gasteiger partial charge in [-0.2, -0.15) is 0 Å². The Morgan fingerprint density at radius 3 is 2.94 bits per heavy atom. The van der Waals surface area contributed by atoms with Crippen LogP contribution in [0.25, 0.3) is 0 Å². The predicted molar refractivity (Wildman–Crippen MR) is 76.1 cm³/mol. The van der Waals surface area contributed by atoms with E-state index in [0.717, 1.165) is 30.2 Å². The highest BCUT2D eigenvalue weighted by atomic mass is 15.1. The first kappa shape index (κ1) is 12.8. The fourth-order valence-electron chi connectivity index (χ4n) is 2.26. The highest BCUT2D eigenvalue weighted by Crippen LogP contribution is 2.17. The molecule has 0 aliphatic carbocycles. The fourth-order valence-corrected chi connectivity index (χ4v) is 2.26. The number of aliphatic imine (C=N–C) groups is 2. The summed E-state index contributed by atoms with van der Waals surface area (Å²) in [5.74, 6) is 1.64. The van der Waals surface area contributed by atoms with Crippen molar-refractivity contribution in [1.82, 2.24) is 15.6 Å². The Kier molecular flexibility index (Phi) is 4.15. The summed E-state index contributed by atoms with van der Waals surface area (Å²) in [6.45, 7) is 6.75. The van der Waals surface area contributed by atoms with Crippen LogP contribution in [0.5, 0.6) is 0 Å². The van der Waals surface area contributed by atoms with E-state index in [4.69, 9.17) is 0 Å². The zero-order valence-corrected chi connectivity index (χ0v) is 11.0. The van der Waals surface area contributed by atoms with Gasteiger partial charge in [-0.05, 0) is 32.5 Å². The van der Waals surface area contributed by atoms with Gasteiger partial charge in [0.2, 0.25) is 0 Å². The third-order valence-corrected chi connectivity index (χ3v) is 3.36. The molecule has 18 heavy (non-hydrogen) atoms. The van der Waals surface area contributed by atoms with E-state index in [-0.39, 0.29) is 0 Å². The summed E-state index contributed by atoms with van der Waals surface area (Å²) in [6.07, 6.45) is 4.20. The van der Waals surface area contributed by atoms with Crippen molar-refractivity contribution in [2.24, 2.45) is 9.98 Å². The number of hydrogen-bond acceptors (Lipinski definition) is 3. The zero-order chi connectivity index (χ0) is 13.0. The second-order valence-electron chi connectivity index (χ2n) is 4.70. The van der Waals surface area contributed by atoms with Gasteiger partial charge < -0.3 is 15.6 Å². The fraction of sp³-hybridized carbons (Fsp3) is 0.538. The van der Waals surface area contributed by atoms with Crippen molar-refractivity contribution in [3.63, 3.8) is 0 Å². The minimum absolute atomic E-state index is 0.424. The molecule has 0 aromatic carbocycles. The van der Waals surface area contributed by atoms with Gasteiger partial charge in [-0.3, -0.25) is 4.99 Å². The second kappa shape index (κ2) is 5.82. The van der Waals surface area contributed by atoms with E-state index < -0.39 is 0 Å². The number of amidine groups is 1. The Morgan fingerprint density at radius 2 is 2.33 bits per heavy atom. The zero-order valence-electron chi connectivity index (χ0n) is 11.0. The standard InChI is InChI=1S/C13H21N5/c1-9-4-5-10(8-17-9)18-13(15-3)11-6-7-16-12(11)14-2/h6-7,9-10,16-17H,2,4-5,8H2,1,3H3,(H,15,18)/t9-,10-/m0/s1. The smallest absolute Gasteiger partial charge is 0.140 e. The van der Waals surface area contributed by atoms with Crippen molar-refractivity contribution < 1.29 is 0 Å². The average molecular weight is 247 g/mol. The number of nitrogens with one attached hydrogen (secondary N) is 3. The maximum atomic E-state index is 4.32. The van der Waals surface area contributed by atoms with E-state index in [1.54, 1.807) is 7.05 Å². The number of aromatic nitrogens is 1. The monoisotopic (exact) mass is 247 g/mol. The van der Waals surface area contributed by atoms with Crippen LogP contribution >= 0.6 is 0 Å². The Bertz CT molecular complexity index is 426. The lowest BCUT2D eigenvalue weighted by molar-refractivity contribution is 0.366. The molecule has 1 aliphatic rings. The molecular formula is C13H21N5. The number of hydrogen-bond donors (Lipinski definition) is 3. The molecule has 5 nitrogen and oxygen atoms in total. The Morgan fingerprint density at radius 1 is 1.50 bits per heavy atom. The van der Waals surface area contributed by atoms with E-state index in [0.29, 0.717) is 12.1 Å². The molecule has 3 N–H and O–H groups in total. The molecule has 1 fully saturated rings. The van der Waals surface area contributed by atoms with Gasteiger partial charge in [0.05, 0.1) is 5.56 Å². The normalized spacial score (nSPS) is 24.9. The summed E-state index contributed by atoms with van der Waals surface area (Å²) in [7, 11) is 1.79. The molecule has 1 aromatic heterocycles. The van der Waals surface area contributed by atoms with Crippen molar-refractivity contribution in [3.05, 3.63) is 17.8 Å². The Balaban J connectivity index is 2.04. The molecule has 0 unspecified atom stereocenters. The number of H-pyrrole nitrogens is 1. The molecule has 2 heterocycles. The molecule has 2 atom stereocenters. The van der Waals surface area contributed by atoms with Crippen LogP contribution in [0, 0.1) is 0 Å². The van der Waals surface area contributed by atoms with Gasteiger partial charge >= 0.3 is 0 Å². The van der Waals surface area contributed by atoms with Crippen LogP contribution in [-0.2, 0) is 0 Å². The summed E-state index contributed by atoms with van der Waals surface area (Å²) >= 11 is 0. The molecular weight excluding hydrogens is 226 g/mol. The van der Waals surface area contributed by atoms with E-state index in [1.807, 2.05) is 12.3 Å². The predicted octanol–water partition coefficient (Wildman–Crippen LogP) is 1.45. The minimum Gasteiger partial charge on any atom is -0.366 e. The molecule has 0 bridgehead atoms. The largest absolute Gasteiger partial charge is 0.366 e. The number of nitrogens with zero attached hydrogens (tertiary/aromatic N) is 2. The molecule has 0 amide bonds. The molecule has 0 radical (unpaired) electrons. The maximum Gasteiger partial charge on any atom is 0.140 e. The SMILES string of the molecule is C=Nc1[nH]ccc1C(=NC)N[C@H]1CC[C@H](C)NC1. The van der Waals surface area contributed by atoms with Gasteiger partial charge in [-0.1, -0.05) is 0 Å².